The lowest BCUT2D eigenvalue weighted by atomic mass is 10.0. The van der Waals surface area contributed by atoms with E-state index in [1.165, 1.54) is 22.7 Å². The second kappa shape index (κ2) is 8.77. The van der Waals surface area contributed by atoms with Gasteiger partial charge in [-0.25, -0.2) is 4.99 Å². The number of hydrogen-bond donors (Lipinski definition) is 1. The molecule has 1 unspecified atom stereocenters. The Balaban J connectivity index is 1.66. The molecule has 1 aliphatic heterocycles. The average Bonchev–Trinajstić information content (AvgIpc) is 3.44. The predicted octanol–water partition coefficient (Wildman–Crippen LogP) is 4.24. The molecule has 1 atom stereocenters. The summed E-state index contributed by atoms with van der Waals surface area (Å²) in [5.74, 6) is -0.249. The lowest BCUT2D eigenvalue weighted by molar-refractivity contribution is -0.113. The molecule has 0 aliphatic carbocycles. The van der Waals surface area contributed by atoms with Gasteiger partial charge in [0.2, 0.25) is 0 Å². The molecule has 0 saturated carbocycles. The molecule has 1 amide bonds. The highest BCUT2D eigenvalue weighted by Crippen LogP contribution is 2.33. The Labute approximate surface area is 198 Å². The van der Waals surface area contributed by atoms with Crippen molar-refractivity contribution in [1.29, 1.82) is 0 Å². The number of nitrogens with one attached hydrogen (secondary N) is 1. The Bertz CT molecular complexity index is 1550. The Hall–Kier alpha value is -3.55. The molecule has 5 rings (SSSR count). The minimum absolute atomic E-state index is 0.144. The fraction of sp³-hybridized carbons (Fsp3) is 0.115. The summed E-state index contributed by atoms with van der Waals surface area (Å²) in [6, 6.07) is 20.8. The maximum Gasteiger partial charge on any atom is 0.271 e. The van der Waals surface area contributed by atoms with Crippen molar-refractivity contribution < 1.29 is 4.79 Å². The number of rotatable bonds is 4. The maximum atomic E-state index is 13.5. The number of thiophene rings is 1. The van der Waals surface area contributed by atoms with Gasteiger partial charge < -0.3 is 5.32 Å². The first-order valence-corrected chi connectivity index (χ1v) is 12.2. The van der Waals surface area contributed by atoms with E-state index in [0.717, 1.165) is 21.7 Å². The molecule has 2 aromatic carbocycles. The summed E-state index contributed by atoms with van der Waals surface area (Å²) < 4.78 is 2.25. The SMILES string of the molecule is CC1=C(C(=O)Nc2ccccc2C)C(c2cccs2)n2c(sc(=Cc3ccccc3)c2=O)=N1. The van der Waals surface area contributed by atoms with Gasteiger partial charge in [0.05, 0.1) is 15.8 Å². The second-order valence-electron chi connectivity index (χ2n) is 7.78. The van der Waals surface area contributed by atoms with Crippen LogP contribution in [-0.2, 0) is 4.79 Å². The van der Waals surface area contributed by atoms with Crippen molar-refractivity contribution in [3.63, 3.8) is 0 Å². The summed E-state index contributed by atoms with van der Waals surface area (Å²) in [7, 11) is 0. The number of fused-ring (bicyclic) bond motifs is 1. The fourth-order valence-electron chi connectivity index (χ4n) is 3.93. The third-order valence-electron chi connectivity index (χ3n) is 5.57. The van der Waals surface area contributed by atoms with E-state index in [4.69, 9.17) is 0 Å². The van der Waals surface area contributed by atoms with Crippen molar-refractivity contribution in [3.8, 4) is 0 Å². The van der Waals surface area contributed by atoms with Gasteiger partial charge in [-0.15, -0.1) is 11.3 Å². The van der Waals surface area contributed by atoms with Gasteiger partial charge in [0.15, 0.2) is 4.80 Å². The summed E-state index contributed by atoms with van der Waals surface area (Å²) in [5, 5.41) is 4.99. The summed E-state index contributed by atoms with van der Waals surface area (Å²) in [6.45, 7) is 3.79. The Morgan fingerprint density at radius 3 is 2.52 bits per heavy atom. The molecule has 164 valence electrons. The van der Waals surface area contributed by atoms with E-state index >= 15 is 0 Å². The second-order valence-corrected chi connectivity index (χ2v) is 9.77. The Kier molecular flexibility index (Phi) is 5.66. The third-order valence-corrected chi connectivity index (χ3v) is 7.48. The van der Waals surface area contributed by atoms with E-state index in [1.807, 2.05) is 92.0 Å². The number of anilines is 1. The quantitative estimate of drug-likeness (QED) is 0.484. The van der Waals surface area contributed by atoms with Crippen LogP contribution in [0.15, 0.2) is 93.2 Å². The number of aromatic nitrogens is 1. The van der Waals surface area contributed by atoms with Crippen LogP contribution in [-0.4, -0.2) is 10.5 Å². The smallest absolute Gasteiger partial charge is 0.271 e. The van der Waals surface area contributed by atoms with Crippen LogP contribution in [0, 0.1) is 6.92 Å². The van der Waals surface area contributed by atoms with Crippen LogP contribution >= 0.6 is 22.7 Å². The number of amides is 1. The standard InChI is InChI=1S/C26H21N3O2S2/c1-16-9-6-7-12-19(16)28-24(30)22-17(2)27-26-29(23(22)20-13-8-14-32-20)25(31)21(33-26)15-18-10-4-3-5-11-18/h3-15,23H,1-2H3,(H,28,30). The van der Waals surface area contributed by atoms with Gasteiger partial charge in [-0.3, -0.25) is 14.2 Å². The lowest BCUT2D eigenvalue weighted by Gasteiger charge is -2.24. The highest BCUT2D eigenvalue weighted by molar-refractivity contribution is 7.10. The zero-order valence-electron chi connectivity index (χ0n) is 18.1. The van der Waals surface area contributed by atoms with Crippen molar-refractivity contribution in [2.24, 2.45) is 4.99 Å². The molecular formula is C26H21N3O2S2. The molecule has 0 bridgehead atoms. The number of thiazole rings is 1. The number of carbonyl (C=O) groups excluding carboxylic acids is 1. The van der Waals surface area contributed by atoms with E-state index in [9.17, 15) is 9.59 Å². The molecule has 0 saturated heterocycles. The van der Waals surface area contributed by atoms with Gasteiger partial charge >= 0.3 is 0 Å². The predicted molar refractivity (Wildman–Crippen MR) is 134 cm³/mol. The van der Waals surface area contributed by atoms with Crippen molar-refractivity contribution in [1.82, 2.24) is 4.57 Å². The molecule has 4 aromatic rings. The van der Waals surface area contributed by atoms with Crippen LogP contribution in [0.25, 0.3) is 6.08 Å². The number of nitrogens with zero attached hydrogens (tertiary/aromatic N) is 2. The van der Waals surface area contributed by atoms with Crippen LogP contribution in [0.3, 0.4) is 0 Å². The van der Waals surface area contributed by atoms with Crippen molar-refractivity contribution in [2.75, 3.05) is 5.32 Å². The largest absolute Gasteiger partial charge is 0.322 e. The summed E-state index contributed by atoms with van der Waals surface area (Å²) in [4.78, 5) is 33.3. The normalized spacial score (nSPS) is 15.8. The first-order valence-electron chi connectivity index (χ1n) is 10.5. The van der Waals surface area contributed by atoms with Crippen LogP contribution in [0.2, 0.25) is 0 Å². The molecule has 33 heavy (non-hydrogen) atoms. The molecule has 0 radical (unpaired) electrons. The average molecular weight is 472 g/mol. The van der Waals surface area contributed by atoms with Crippen LogP contribution in [0.5, 0.6) is 0 Å². The molecule has 1 aliphatic rings. The van der Waals surface area contributed by atoms with Gasteiger partial charge in [0.25, 0.3) is 11.5 Å². The lowest BCUT2D eigenvalue weighted by Crippen LogP contribution is -2.40. The molecule has 0 fully saturated rings. The van der Waals surface area contributed by atoms with Crippen LogP contribution in [0.4, 0.5) is 5.69 Å². The number of aryl methyl sites for hydroxylation is 1. The number of carbonyl (C=O) groups is 1. The Morgan fingerprint density at radius 2 is 1.79 bits per heavy atom. The molecule has 1 N–H and O–H groups in total. The zero-order valence-corrected chi connectivity index (χ0v) is 19.7. The molecule has 2 aromatic heterocycles. The van der Waals surface area contributed by atoms with Crippen molar-refractivity contribution in [3.05, 3.63) is 119 Å². The minimum Gasteiger partial charge on any atom is -0.322 e. The zero-order chi connectivity index (χ0) is 22.9. The van der Waals surface area contributed by atoms with Crippen molar-refractivity contribution >= 4 is 40.3 Å². The topological polar surface area (TPSA) is 63.5 Å². The minimum atomic E-state index is -0.525. The van der Waals surface area contributed by atoms with Crippen LogP contribution < -0.4 is 20.2 Å². The molecule has 5 nitrogen and oxygen atoms in total. The monoisotopic (exact) mass is 471 g/mol. The molecular weight excluding hydrogens is 450 g/mol. The van der Waals surface area contributed by atoms with Gasteiger partial charge in [-0.2, -0.15) is 0 Å². The number of benzene rings is 2. The maximum absolute atomic E-state index is 13.5. The van der Waals surface area contributed by atoms with Gasteiger partial charge in [-0.1, -0.05) is 65.9 Å². The van der Waals surface area contributed by atoms with E-state index in [1.54, 1.807) is 4.57 Å². The van der Waals surface area contributed by atoms with E-state index in [0.29, 0.717) is 20.6 Å². The first kappa shape index (κ1) is 21.3. The summed E-state index contributed by atoms with van der Waals surface area (Å²) >= 11 is 2.88. The van der Waals surface area contributed by atoms with E-state index < -0.39 is 6.04 Å². The Morgan fingerprint density at radius 1 is 1.03 bits per heavy atom. The van der Waals surface area contributed by atoms with Crippen molar-refractivity contribution in [2.45, 2.75) is 19.9 Å². The number of allylic oxidation sites excluding steroid dienone is 1. The highest BCUT2D eigenvalue weighted by Gasteiger charge is 2.33. The first-order chi connectivity index (χ1) is 16.0. The molecule has 7 heteroatoms. The van der Waals surface area contributed by atoms with Gasteiger partial charge in [-0.05, 0) is 48.6 Å². The van der Waals surface area contributed by atoms with E-state index in [2.05, 4.69) is 10.3 Å². The van der Waals surface area contributed by atoms with E-state index in [-0.39, 0.29) is 11.5 Å². The van der Waals surface area contributed by atoms with Gasteiger partial charge in [0, 0.05) is 10.6 Å². The molecule has 3 heterocycles. The molecule has 0 spiro atoms. The highest BCUT2D eigenvalue weighted by atomic mass is 32.1. The summed E-state index contributed by atoms with van der Waals surface area (Å²) in [6.07, 6.45) is 1.88. The number of hydrogen-bond acceptors (Lipinski definition) is 5. The fourth-order valence-corrected chi connectivity index (χ4v) is 5.80. The van der Waals surface area contributed by atoms with Gasteiger partial charge in [0.1, 0.15) is 6.04 Å². The summed E-state index contributed by atoms with van der Waals surface area (Å²) in [5.41, 5.74) is 3.62. The number of para-hydroxylation sites is 1. The third kappa shape index (κ3) is 4.01. The van der Waals surface area contributed by atoms with Crippen LogP contribution in [0.1, 0.15) is 29.0 Å².